The van der Waals surface area contributed by atoms with Crippen molar-refractivity contribution >= 4 is 16.8 Å². The van der Waals surface area contributed by atoms with Crippen LogP contribution in [-0.4, -0.2) is 40.1 Å². The van der Waals surface area contributed by atoms with Gasteiger partial charge < -0.3 is 10.0 Å². The average Bonchev–Trinajstić information content (AvgIpc) is 2.93. The van der Waals surface area contributed by atoms with Gasteiger partial charge in [0.15, 0.2) is 0 Å². The molecule has 1 N–H and O–H groups in total. The highest BCUT2D eigenvalue weighted by Gasteiger charge is 2.33. The summed E-state index contributed by atoms with van der Waals surface area (Å²) in [6.45, 7) is 4.67. The number of para-hydroxylation sites is 1. The third-order valence-corrected chi connectivity index (χ3v) is 4.45. The smallest absolute Gasteiger partial charge is 0.222 e. The van der Waals surface area contributed by atoms with Crippen LogP contribution < -0.4 is 0 Å². The molecule has 2 atom stereocenters. The summed E-state index contributed by atoms with van der Waals surface area (Å²) in [5, 5.41) is 11.4. The average molecular weight is 310 g/mol. The van der Waals surface area contributed by atoms with Gasteiger partial charge in [-0.25, -0.2) is 0 Å². The van der Waals surface area contributed by atoms with Crippen LogP contribution in [0.1, 0.15) is 18.5 Å². The molecule has 0 unspecified atom stereocenters. The third kappa shape index (κ3) is 3.59. The van der Waals surface area contributed by atoms with Gasteiger partial charge in [0.05, 0.1) is 11.6 Å². The summed E-state index contributed by atoms with van der Waals surface area (Å²) in [4.78, 5) is 18.5. The van der Waals surface area contributed by atoms with Crippen molar-refractivity contribution in [1.29, 1.82) is 0 Å². The van der Waals surface area contributed by atoms with E-state index >= 15 is 0 Å². The predicted octanol–water partition coefficient (Wildman–Crippen LogP) is 2.56. The Hall–Kier alpha value is -2.20. The van der Waals surface area contributed by atoms with E-state index in [1.165, 1.54) is 0 Å². The Balaban J connectivity index is 1.67. The minimum absolute atomic E-state index is 0.0522. The van der Waals surface area contributed by atoms with Crippen molar-refractivity contribution in [1.82, 2.24) is 9.88 Å². The lowest BCUT2D eigenvalue weighted by Crippen LogP contribution is -2.29. The second kappa shape index (κ2) is 6.92. The first-order chi connectivity index (χ1) is 11.2. The van der Waals surface area contributed by atoms with E-state index in [4.69, 9.17) is 0 Å². The number of hydrogen-bond donors (Lipinski definition) is 1. The summed E-state index contributed by atoms with van der Waals surface area (Å²) < 4.78 is 0. The van der Waals surface area contributed by atoms with E-state index in [2.05, 4.69) is 17.6 Å². The molecule has 1 saturated heterocycles. The number of pyridine rings is 1. The number of carbonyl (C=O) groups is 1. The first-order valence-electron chi connectivity index (χ1n) is 8.09. The van der Waals surface area contributed by atoms with Crippen molar-refractivity contribution in [3.8, 4) is 0 Å². The molecule has 3 rings (SSSR count). The highest BCUT2D eigenvalue weighted by atomic mass is 16.3. The van der Waals surface area contributed by atoms with E-state index < -0.39 is 6.10 Å². The number of benzene rings is 1. The summed E-state index contributed by atoms with van der Waals surface area (Å²) >= 11 is 0. The zero-order valence-electron chi connectivity index (χ0n) is 13.2. The first-order valence-corrected chi connectivity index (χ1v) is 8.09. The van der Waals surface area contributed by atoms with Gasteiger partial charge in [0.2, 0.25) is 5.91 Å². The number of likely N-dealkylation sites (tertiary alicyclic amines) is 1. The van der Waals surface area contributed by atoms with Gasteiger partial charge in [0, 0.05) is 36.5 Å². The minimum Gasteiger partial charge on any atom is -0.391 e. The number of allylic oxidation sites excluding steroid dienone is 1. The molecule has 1 aliphatic heterocycles. The van der Waals surface area contributed by atoms with Crippen LogP contribution in [0.15, 0.2) is 49.1 Å². The molecule has 0 aliphatic carbocycles. The molecule has 120 valence electrons. The number of aliphatic hydroxyl groups is 1. The number of fused-ring (bicyclic) bond motifs is 1. The van der Waals surface area contributed by atoms with Gasteiger partial charge in [0.25, 0.3) is 0 Å². The maximum atomic E-state index is 12.1. The van der Waals surface area contributed by atoms with Gasteiger partial charge in [-0.2, -0.15) is 0 Å². The topological polar surface area (TPSA) is 53.4 Å². The fourth-order valence-electron chi connectivity index (χ4n) is 3.13. The molecular formula is C19H22N2O2. The molecule has 0 saturated carbocycles. The van der Waals surface area contributed by atoms with Crippen LogP contribution in [0.5, 0.6) is 0 Å². The Morgan fingerprint density at radius 1 is 1.30 bits per heavy atom. The molecule has 4 heteroatoms. The monoisotopic (exact) mass is 310 g/mol. The van der Waals surface area contributed by atoms with E-state index in [9.17, 15) is 9.90 Å². The standard InChI is InChI=1S/C19H22N2O2/c1-2-3-8-19(23)21-12-15(18(22)13-21)11-16-10-9-14-6-4-5-7-17(14)20-16/h2,4-7,9-10,15,18,22H,1,3,8,11-13H2/t15-,18-/m1/s1. The van der Waals surface area contributed by atoms with Crippen molar-refractivity contribution in [2.24, 2.45) is 5.92 Å². The molecule has 23 heavy (non-hydrogen) atoms. The van der Waals surface area contributed by atoms with Crippen LogP contribution in [0.3, 0.4) is 0 Å². The van der Waals surface area contributed by atoms with Crippen molar-refractivity contribution in [2.75, 3.05) is 13.1 Å². The van der Waals surface area contributed by atoms with Crippen molar-refractivity contribution in [3.05, 3.63) is 54.7 Å². The van der Waals surface area contributed by atoms with Crippen LogP contribution in [0.4, 0.5) is 0 Å². The van der Waals surface area contributed by atoms with E-state index in [0.717, 1.165) is 16.6 Å². The Kier molecular flexibility index (Phi) is 4.72. The van der Waals surface area contributed by atoms with Gasteiger partial charge in [-0.1, -0.05) is 30.3 Å². The number of carbonyl (C=O) groups excluding carboxylic acids is 1. The Bertz CT molecular complexity index is 713. The quantitative estimate of drug-likeness (QED) is 0.864. The highest BCUT2D eigenvalue weighted by Crippen LogP contribution is 2.23. The van der Waals surface area contributed by atoms with Crippen LogP contribution >= 0.6 is 0 Å². The van der Waals surface area contributed by atoms with Crippen molar-refractivity contribution < 1.29 is 9.90 Å². The van der Waals surface area contributed by atoms with E-state index in [-0.39, 0.29) is 11.8 Å². The number of aromatic nitrogens is 1. The van der Waals surface area contributed by atoms with Crippen LogP contribution in [-0.2, 0) is 11.2 Å². The molecule has 1 amide bonds. The second-order valence-corrected chi connectivity index (χ2v) is 6.15. The Morgan fingerprint density at radius 2 is 2.13 bits per heavy atom. The van der Waals surface area contributed by atoms with Gasteiger partial charge in [-0.3, -0.25) is 9.78 Å². The molecule has 1 aliphatic rings. The maximum absolute atomic E-state index is 12.1. The van der Waals surface area contributed by atoms with E-state index in [1.807, 2.05) is 30.3 Å². The molecule has 1 fully saturated rings. The minimum atomic E-state index is -0.476. The van der Waals surface area contributed by atoms with Gasteiger partial charge >= 0.3 is 0 Å². The van der Waals surface area contributed by atoms with Gasteiger partial charge in [-0.15, -0.1) is 6.58 Å². The Labute approximate surface area is 136 Å². The zero-order valence-corrected chi connectivity index (χ0v) is 13.2. The molecule has 1 aromatic carbocycles. The maximum Gasteiger partial charge on any atom is 0.222 e. The lowest BCUT2D eigenvalue weighted by Gasteiger charge is -2.15. The van der Waals surface area contributed by atoms with Gasteiger partial charge in [-0.05, 0) is 25.0 Å². The summed E-state index contributed by atoms with van der Waals surface area (Å²) in [6.07, 6.45) is 3.12. The number of aliphatic hydroxyl groups excluding tert-OH is 1. The molecule has 0 bridgehead atoms. The van der Waals surface area contributed by atoms with Crippen LogP contribution in [0.2, 0.25) is 0 Å². The fourth-order valence-corrected chi connectivity index (χ4v) is 3.13. The summed E-state index contributed by atoms with van der Waals surface area (Å²) in [5.41, 5.74) is 1.93. The fraction of sp³-hybridized carbons (Fsp3) is 0.368. The number of nitrogens with zero attached hydrogens (tertiary/aromatic N) is 2. The zero-order chi connectivity index (χ0) is 16.2. The second-order valence-electron chi connectivity index (χ2n) is 6.15. The lowest BCUT2D eigenvalue weighted by molar-refractivity contribution is -0.130. The summed E-state index contributed by atoms with van der Waals surface area (Å²) in [5.74, 6) is 0.147. The SMILES string of the molecule is C=CCCC(=O)N1C[C@@H](Cc2ccc3ccccc3n2)[C@H](O)C1. The normalized spacial score (nSPS) is 20.8. The molecule has 4 nitrogen and oxygen atoms in total. The highest BCUT2D eigenvalue weighted by molar-refractivity contribution is 5.78. The molecule has 1 aromatic heterocycles. The summed E-state index contributed by atoms with van der Waals surface area (Å²) in [7, 11) is 0. The molecule has 0 radical (unpaired) electrons. The predicted molar refractivity (Wildman–Crippen MR) is 91.0 cm³/mol. The van der Waals surface area contributed by atoms with Crippen molar-refractivity contribution in [2.45, 2.75) is 25.4 Å². The lowest BCUT2D eigenvalue weighted by atomic mass is 9.99. The number of rotatable bonds is 5. The molecule has 0 spiro atoms. The molecule has 2 heterocycles. The number of amides is 1. The molecular weight excluding hydrogens is 288 g/mol. The van der Waals surface area contributed by atoms with Crippen LogP contribution in [0, 0.1) is 5.92 Å². The number of hydrogen-bond acceptors (Lipinski definition) is 3. The van der Waals surface area contributed by atoms with E-state index in [1.54, 1.807) is 11.0 Å². The Morgan fingerprint density at radius 3 is 2.96 bits per heavy atom. The van der Waals surface area contributed by atoms with Crippen LogP contribution in [0.25, 0.3) is 10.9 Å². The van der Waals surface area contributed by atoms with Gasteiger partial charge in [0.1, 0.15) is 0 Å². The summed E-state index contributed by atoms with van der Waals surface area (Å²) in [6, 6.07) is 12.1. The molecule has 2 aromatic rings. The largest absolute Gasteiger partial charge is 0.391 e. The third-order valence-electron chi connectivity index (χ3n) is 4.45. The first kappa shape index (κ1) is 15.7. The van der Waals surface area contributed by atoms with Crippen molar-refractivity contribution in [3.63, 3.8) is 0 Å². The number of β-amino-alcohol motifs (C(OH)–C–C–N with tert-alkyl or cyclic N) is 1. The van der Waals surface area contributed by atoms with E-state index in [0.29, 0.717) is 32.4 Å².